The second kappa shape index (κ2) is 10.5. The molecule has 0 saturated heterocycles. The van der Waals surface area contributed by atoms with Gasteiger partial charge in [0.1, 0.15) is 5.82 Å². The predicted octanol–water partition coefficient (Wildman–Crippen LogP) is 7.60. The molecule has 3 aromatic carbocycles. The van der Waals surface area contributed by atoms with Gasteiger partial charge in [-0.05, 0) is 60.0 Å². The summed E-state index contributed by atoms with van der Waals surface area (Å²) in [7, 11) is 0. The van der Waals surface area contributed by atoms with Crippen LogP contribution in [0.15, 0.2) is 72.8 Å². The molecule has 36 heavy (non-hydrogen) atoms. The fraction of sp³-hybridized carbons (Fsp3) is 0.143. The van der Waals surface area contributed by atoms with Crippen LogP contribution in [0.25, 0.3) is 17.3 Å². The van der Waals surface area contributed by atoms with Crippen molar-refractivity contribution in [1.82, 2.24) is 15.1 Å². The highest BCUT2D eigenvalue weighted by Crippen LogP contribution is 2.39. The van der Waals surface area contributed by atoms with Crippen molar-refractivity contribution < 1.29 is 9.18 Å². The molecule has 0 saturated carbocycles. The number of thioether (sulfide) groups is 1. The van der Waals surface area contributed by atoms with E-state index in [1.54, 1.807) is 46.8 Å². The number of aromatic nitrogens is 2. The molecule has 1 N–H and O–H groups in total. The van der Waals surface area contributed by atoms with Gasteiger partial charge in [-0.1, -0.05) is 65.7 Å². The average Bonchev–Trinajstić information content (AvgIpc) is 3.26. The van der Waals surface area contributed by atoms with Gasteiger partial charge in [0.15, 0.2) is 5.69 Å². The molecule has 0 unspecified atom stereocenters. The summed E-state index contributed by atoms with van der Waals surface area (Å²) in [5, 5.41) is 8.79. The Kier molecular flexibility index (Phi) is 7.19. The molecule has 0 spiro atoms. The number of benzene rings is 3. The normalized spacial score (nSPS) is 14.9. The molecule has 4 aromatic rings. The highest BCUT2D eigenvalue weighted by Gasteiger charge is 2.30. The third-order valence-electron chi connectivity index (χ3n) is 6.00. The molecule has 1 aliphatic rings. The van der Waals surface area contributed by atoms with Crippen LogP contribution in [0.1, 0.15) is 45.8 Å². The fourth-order valence-electron chi connectivity index (χ4n) is 4.22. The standard InChI is InChI=1S/C28H22Cl2FN3OS/c1-17(19-5-3-2-4-6-19)32-28(35)26-23-16-36-15-20(13-18-7-10-22(31)11-8-18)27(23)34(33-26)25-12-9-21(29)14-24(25)30/h2-14,17H,15-16H2,1H3,(H,32,35)/t17-/m0/s1. The molecule has 0 bridgehead atoms. The zero-order chi connectivity index (χ0) is 25.2. The molecule has 1 amide bonds. The maximum Gasteiger partial charge on any atom is 0.272 e. The summed E-state index contributed by atoms with van der Waals surface area (Å²) in [5.41, 5.74) is 5.48. The number of carbonyl (C=O) groups is 1. The van der Waals surface area contributed by atoms with Crippen LogP contribution >= 0.6 is 35.0 Å². The van der Waals surface area contributed by atoms with E-state index in [1.807, 2.05) is 43.3 Å². The number of nitrogens with zero attached hydrogens (tertiary/aromatic N) is 2. The first-order chi connectivity index (χ1) is 17.4. The SMILES string of the molecule is C[C@H](NC(=O)c1nn(-c2ccc(Cl)cc2Cl)c2c1CSCC2=Cc1ccc(F)cc1)c1ccccc1. The van der Waals surface area contributed by atoms with Gasteiger partial charge in [0, 0.05) is 22.1 Å². The lowest BCUT2D eigenvalue weighted by Crippen LogP contribution is -2.28. The predicted molar refractivity (Wildman–Crippen MR) is 146 cm³/mol. The number of carbonyl (C=O) groups excluding carboxylic acids is 1. The van der Waals surface area contributed by atoms with Crippen LogP contribution in [-0.2, 0) is 5.75 Å². The van der Waals surface area contributed by atoms with Crippen molar-refractivity contribution in [1.29, 1.82) is 0 Å². The smallest absolute Gasteiger partial charge is 0.272 e. The molecule has 5 rings (SSSR count). The van der Waals surface area contributed by atoms with Crippen LogP contribution < -0.4 is 5.32 Å². The van der Waals surface area contributed by atoms with Gasteiger partial charge in [-0.3, -0.25) is 4.79 Å². The van der Waals surface area contributed by atoms with Crippen LogP contribution in [0.2, 0.25) is 10.0 Å². The largest absolute Gasteiger partial charge is 0.344 e. The number of amides is 1. The van der Waals surface area contributed by atoms with Crippen LogP contribution in [-0.4, -0.2) is 21.4 Å². The Morgan fingerprint density at radius 3 is 2.56 bits per heavy atom. The van der Waals surface area contributed by atoms with Crippen molar-refractivity contribution >= 4 is 52.5 Å². The lowest BCUT2D eigenvalue weighted by molar-refractivity contribution is 0.0933. The maximum absolute atomic E-state index is 13.5. The van der Waals surface area contributed by atoms with Crippen molar-refractivity contribution in [3.8, 4) is 5.69 Å². The average molecular weight is 538 g/mol. The highest BCUT2D eigenvalue weighted by molar-refractivity contribution is 7.99. The minimum atomic E-state index is -0.291. The molecule has 2 heterocycles. The molecule has 1 aromatic heterocycles. The topological polar surface area (TPSA) is 46.9 Å². The van der Waals surface area contributed by atoms with Gasteiger partial charge in [0.2, 0.25) is 0 Å². The summed E-state index contributed by atoms with van der Waals surface area (Å²) < 4.78 is 15.2. The quantitative estimate of drug-likeness (QED) is 0.285. The summed E-state index contributed by atoms with van der Waals surface area (Å²) in [6.07, 6.45) is 2.00. The van der Waals surface area contributed by atoms with E-state index >= 15 is 0 Å². The van der Waals surface area contributed by atoms with Crippen molar-refractivity contribution in [3.63, 3.8) is 0 Å². The molecule has 0 aliphatic carbocycles. The zero-order valence-electron chi connectivity index (χ0n) is 19.3. The molecule has 1 atom stereocenters. The van der Waals surface area contributed by atoms with Crippen LogP contribution in [0.4, 0.5) is 4.39 Å². The van der Waals surface area contributed by atoms with Gasteiger partial charge >= 0.3 is 0 Å². The minimum Gasteiger partial charge on any atom is -0.344 e. The third-order valence-corrected chi connectivity index (χ3v) is 7.55. The summed E-state index contributed by atoms with van der Waals surface area (Å²) >= 11 is 14.4. The molecule has 0 radical (unpaired) electrons. The first-order valence-corrected chi connectivity index (χ1v) is 13.3. The molecule has 4 nitrogen and oxygen atoms in total. The van der Waals surface area contributed by atoms with E-state index in [0.29, 0.717) is 32.9 Å². The number of hydrogen-bond donors (Lipinski definition) is 1. The van der Waals surface area contributed by atoms with Gasteiger partial charge in [-0.25, -0.2) is 9.07 Å². The Hall–Kier alpha value is -3.06. The number of rotatable bonds is 5. The van der Waals surface area contributed by atoms with Crippen LogP contribution in [0, 0.1) is 5.82 Å². The van der Waals surface area contributed by atoms with Crippen molar-refractivity contribution in [2.24, 2.45) is 0 Å². The Bertz CT molecular complexity index is 1450. The van der Waals surface area contributed by atoms with Crippen molar-refractivity contribution in [2.45, 2.75) is 18.7 Å². The number of halogens is 3. The van der Waals surface area contributed by atoms with E-state index < -0.39 is 0 Å². The Morgan fingerprint density at radius 2 is 1.83 bits per heavy atom. The van der Waals surface area contributed by atoms with Gasteiger partial charge < -0.3 is 5.32 Å². The summed E-state index contributed by atoms with van der Waals surface area (Å²) in [4.78, 5) is 13.5. The van der Waals surface area contributed by atoms with E-state index in [0.717, 1.165) is 28.0 Å². The highest BCUT2D eigenvalue weighted by atomic mass is 35.5. The van der Waals surface area contributed by atoms with E-state index in [2.05, 4.69) is 5.32 Å². The molecular weight excluding hydrogens is 516 g/mol. The maximum atomic E-state index is 13.5. The molecule has 1 aliphatic heterocycles. The van der Waals surface area contributed by atoms with Crippen molar-refractivity contribution in [2.75, 3.05) is 5.75 Å². The van der Waals surface area contributed by atoms with E-state index in [4.69, 9.17) is 28.3 Å². The second-order valence-electron chi connectivity index (χ2n) is 8.50. The Labute approximate surface area is 223 Å². The summed E-state index contributed by atoms with van der Waals surface area (Å²) in [6, 6.07) is 21.1. The number of fused-ring (bicyclic) bond motifs is 1. The first-order valence-electron chi connectivity index (χ1n) is 11.4. The summed E-state index contributed by atoms with van der Waals surface area (Å²) in [6.45, 7) is 1.95. The minimum absolute atomic E-state index is 0.191. The van der Waals surface area contributed by atoms with E-state index in [1.165, 1.54) is 12.1 Å². The lowest BCUT2D eigenvalue weighted by atomic mass is 10.0. The van der Waals surface area contributed by atoms with Crippen LogP contribution in [0.5, 0.6) is 0 Å². The van der Waals surface area contributed by atoms with Crippen LogP contribution in [0.3, 0.4) is 0 Å². The van der Waals surface area contributed by atoms with Crippen molar-refractivity contribution in [3.05, 3.63) is 117 Å². The number of hydrogen-bond acceptors (Lipinski definition) is 3. The number of nitrogens with one attached hydrogen (secondary N) is 1. The monoisotopic (exact) mass is 537 g/mol. The molecule has 182 valence electrons. The zero-order valence-corrected chi connectivity index (χ0v) is 21.7. The van der Waals surface area contributed by atoms with Gasteiger partial charge in [0.25, 0.3) is 5.91 Å². The first kappa shape index (κ1) is 24.6. The summed E-state index contributed by atoms with van der Waals surface area (Å²) in [5.74, 6) is 0.794. The second-order valence-corrected chi connectivity index (χ2v) is 10.3. The third kappa shape index (κ3) is 5.07. The molecule has 0 fully saturated rings. The lowest BCUT2D eigenvalue weighted by Gasteiger charge is -2.19. The van der Waals surface area contributed by atoms with E-state index in [-0.39, 0.29) is 17.8 Å². The van der Waals surface area contributed by atoms with Gasteiger partial charge in [-0.2, -0.15) is 16.9 Å². The molecular formula is C28H22Cl2FN3OS. The van der Waals surface area contributed by atoms with Gasteiger partial charge in [0.05, 0.1) is 22.4 Å². The Morgan fingerprint density at radius 1 is 1.08 bits per heavy atom. The van der Waals surface area contributed by atoms with Gasteiger partial charge in [-0.15, -0.1) is 0 Å². The van der Waals surface area contributed by atoms with E-state index in [9.17, 15) is 9.18 Å². The Balaban J connectivity index is 1.61. The fourth-order valence-corrected chi connectivity index (χ4v) is 5.73. The molecule has 8 heteroatoms.